The molecule has 2 atom stereocenters. The van der Waals surface area contributed by atoms with Gasteiger partial charge in [-0.25, -0.2) is 19.2 Å². The molecule has 0 aliphatic carbocycles. The van der Waals surface area contributed by atoms with Crippen LogP contribution in [0.1, 0.15) is 133 Å². The Hall–Kier alpha value is -3.42. The molecule has 1 rings (SSSR count). The summed E-state index contributed by atoms with van der Waals surface area (Å²) < 4.78 is 0. The third-order valence-electron chi connectivity index (χ3n) is 6.76. The Balaban J connectivity index is 3.65. The molecule has 1 aromatic rings. The van der Waals surface area contributed by atoms with Crippen molar-refractivity contribution in [3.63, 3.8) is 0 Å². The van der Waals surface area contributed by atoms with Crippen LogP contribution in [0, 0.1) is 11.8 Å². The minimum Gasteiger partial charge on any atom is -0.478 e. The van der Waals surface area contributed by atoms with Crippen molar-refractivity contribution in [3.8, 4) is 0 Å². The summed E-state index contributed by atoms with van der Waals surface area (Å²) in [5.41, 5.74) is -0.641. The van der Waals surface area contributed by atoms with E-state index in [-0.39, 0.29) is 35.8 Å². The van der Waals surface area contributed by atoms with Crippen LogP contribution in [-0.2, 0) is 12.8 Å². The molecule has 0 aromatic heterocycles. The average Bonchev–Trinajstić information content (AvgIpc) is 2.79. The summed E-state index contributed by atoms with van der Waals surface area (Å²) in [7, 11) is 0. The molecule has 0 saturated carbocycles. The highest BCUT2D eigenvalue weighted by atomic mass is 16.4. The second-order valence-electron chi connectivity index (χ2n) is 10.7. The number of hydrogen-bond donors (Lipinski definition) is 4. The summed E-state index contributed by atoms with van der Waals surface area (Å²) in [6, 6.07) is 0. The van der Waals surface area contributed by atoms with Gasteiger partial charge >= 0.3 is 23.9 Å². The standard InChI is InChI=1S/C30H42O8/c1-17(2)9-7-11-19(5)13-15-21-23(27(31)32)25(29(35)36)22(26(30(37)38)24(21)28(33)34)16-14-20(6)12-8-10-18(3)4/h9-10,19-20H,7-8,11-16H2,1-6H3,(H,31,32)(H,33,34)(H,35,36)(H,37,38). The predicted molar refractivity (Wildman–Crippen MR) is 147 cm³/mol. The Morgan fingerprint density at radius 3 is 1.03 bits per heavy atom. The van der Waals surface area contributed by atoms with Crippen molar-refractivity contribution in [2.24, 2.45) is 11.8 Å². The largest absolute Gasteiger partial charge is 0.478 e. The highest BCUT2D eigenvalue weighted by Crippen LogP contribution is 2.33. The van der Waals surface area contributed by atoms with Crippen LogP contribution in [0.4, 0.5) is 0 Å². The lowest BCUT2D eigenvalue weighted by atomic mass is 9.81. The molecule has 1 aromatic carbocycles. The number of hydrogen-bond acceptors (Lipinski definition) is 4. The van der Waals surface area contributed by atoms with E-state index in [1.165, 1.54) is 0 Å². The minimum atomic E-state index is -1.58. The maximum Gasteiger partial charge on any atom is 0.336 e. The molecule has 0 radical (unpaired) electrons. The van der Waals surface area contributed by atoms with Gasteiger partial charge in [-0.1, -0.05) is 37.1 Å². The fraction of sp³-hybridized carbons (Fsp3) is 0.533. The van der Waals surface area contributed by atoms with Crippen LogP contribution < -0.4 is 0 Å². The van der Waals surface area contributed by atoms with Gasteiger partial charge in [0.05, 0.1) is 22.3 Å². The van der Waals surface area contributed by atoms with Gasteiger partial charge in [-0.2, -0.15) is 0 Å². The van der Waals surface area contributed by atoms with Gasteiger partial charge in [-0.15, -0.1) is 0 Å². The molecule has 0 aliphatic heterocycles. The van der Waals surface area contributed by atoms with E-state index in [0.717, 1.165) is 36.8 Å². The second kappa shape index (κ2) is 15.1. The first-order valence-electron chi connectivity index (χ1n) is 13.1. The van der Waals surface area contributed by atoms with Crippen molar-refractivity contribution in [2.45, 2.75) is 92.9 Å². The fourth-order valence-corrected chi connectivity index (χ4v) is 4.68. The Morgan fingerprint density at radius 2 is 0.816 bits per heavy atom. The molecule has 4 N–H and O–H groups in total. The van der Waals surface area contributed by atoms with Crippen LogP contribution in [0.25, 0.3) is 0 Å². The maximum atomic E-state index is 12.4. The summed E-state index contributed by atoms with van der Waals surface area (Å²) in [6.07, 6.45) is 7.95. The van der Waals surface area contributed by atoms with Crippen molar-refractivity contribution < 1.29 is 39.6 Å². The molecule has 8 heteroatoms. The van der Waals surface area contributed by atoms with Crippen molar-refractivity contribution in [1.29, 1.82) is 0 Å². The Kier molecular flexibility index (Phi) is 13.0. The highest BCUT2D eigenvalue weighted by Gasteiger charge is 2.35. The Labute approximate surface area is 225 Å². The van der Waals surface area contributed by atoms with E-state index in [2.05, 4.69) is 12.2 Å². The normalized spacial score (nSPS) is 12.4. The van der Waals surface area contributed by atoms with Crippen LogP contribution in [0.3, 0.4) is 0 Å². The van der Waals surface area contributed by atoms with E-state index in [1.807, 2.05) is 41.5 Å². The zero-order valence-electron chi connectivity index (χ0n) is 23.4. The molecular formula is C30H42O8. The van der Waals surface area contributed by atoms with Crippen LogP contribution in [-0.4, -0.2) is 44.3 Å². The lowest BCUT2D eigenvalue weighted by molar-refractivity contribution is 0.0632. The van der Waals surface area contributed by atoms with Crippen molar-refractivity contribution in [2.75, 3.05) is 0 Å². The van der Waals surface area contributed by atoms with Crippen molar-refractivity contribution in [1.82, 2.24) is 0 Å². The van der Waals surface area contributed by atoms with E-state index in [9.17, 15) is 39.6 Å². The first-order valence-corrected chi connectivity index (χ1v) is 13.1. The number of rotatable bonds is 16. The van der Waals surface area contributed by atoms with Gasteiger partial charge in [0.1, 0.15) is 0 Å². The molecule has 210 valence electrons. The zero-order valence-corrected chi connectivity index (χ0v) is 23.4. The van der Waals surface area contributed by atoms with E-state index < -0.39 is 46.1 Å². The number of benzene rings is 1. The molecule has 0 bridgehead atoms. The fourth-order valence-electron chi connectivity index (χ4n) is 4.68. The van der Waals surface area contributed by atoms with E-state index in [1.54, 1.807) is 0 Å². The van der Waals surface area contributed by atoms with Crippen molar-refractivity contribution >= 4 is 23.9 Å². The van der Waals surface area contributed by atoms with E-state index >= 15 is 0 Å². The van der Waals surface area contributed by atoms with Gasteiger partial charge in [0.15, 0.2) is 0 Å². The average molecular weight is 531 g/mol. The third kappa shape index (κ3) is 9.47. The summed E-state index contributed by atoms with van der Waals surface area (Å²) >= 11 is 0. The van der Waals surface area contributed by atoms with Gasteiger partial charge in [-0.05, 0) is 102 Å². The minimum absolute atomic E-state index is 0.0563. The highest BCUT2D eigenvalue weighted by molar-refractivity contribution is 6.12. The lowest BCUT2D eigenvalue weighted by Crippen LogP contribution is -2.24. The predicted octanol–water partition coefficient (Wildman–Crippen LogP) is 7.11. The second-order valence-corrected chi connectivity index (χ2v) is 10.7. The van der Waals surface area contributed by atoms with Crippen LogP contribution in [0.2, 0.25) is 0 Å². The molecule has 8 nitrogen and oxygen atoms in total. The van der Waals surface area contributed by atoms with Crippen LogP contribution >= 0.6 is 0 Å². The first-order chi connectivity index (χ1) is 17.7. The molecule has 0 saturated heterocycles. The molecule has 0 amide bonds. The summed E-state index contributed by atoms with van der Waals surface area (Å²) in [5.74, 6) is -6.15. The van der Waals surface area contributed by atoms with Crippen LogP contribution in [0.5, 0.6) is 0 Å². The molecule has 38 heavy (non-hydrogen) atoms. The molecule has 0 fully saturated rings. The summed E-state index contributed by atoms with van der Waals surface area (Å²) in [4.78, 5) is 49.5. The molecule has 0 aliphatic rings. The van der Waals surface area contributed by atoms with E-state index in [4.69, 9.17) is 0 Å². The molecule has 0 spiro atoms. The first kappa shape index (κ1) is 32.6. The molecular weight excluding hydrogens is 488 g/mol. The van der Waals surface area contributed by atoms with Gasteiger partial charge in [-0.3, -0.25) is 0 Å². The summed E-state index contributed by atoms with van der Waals surface area (Å²) in [6.45, 7) is 11.8. The van der Waals surface area contributed by atoms with E-state index in [0.29, 0.717) is 12.8 Å². The quantitative estimate of drug-likeness (QED) is 0.165. The summed E-state index contributed by atoms with van der Waals surface area (Å²) in [5, 5.41) is 40.2. The van der Waals surface area contributed by atoms with Gasteiger partial charge in [0.2, 0.25) is 0 Å². The maximum absolute atomic E-state index is 12.4. The number of allylic oxidation sites excluding steroid dienone is 4. The third-order valence-corrected chi connectivity index (χ3v) is 6.76. The monoisotopic (exact) mass is 530 g/mol. The number of aromatic carboxylic acids is 4. The molecule has 0 heterocycles. The van der Waals surface area contributed by atoms with Gasteiger partial charge in [0, 0.05) is 0 Å². The smallest absolute Gasteiger partial charge is 0.336 e. The lowest BCUT2D eigenvalue weighted by Gasteiger charge is -2.22. The van der Waals surface area contributed by atoms with Crippen LogP contribution in [0.15, 0.2) is 23.3 Å². The SMILES string of the molecule is CC(C)=CCCC(C)CCc1c(C(=O)O)c(C(=O)O)c(CCC(C)CCC=C(C)C)c(C(=O)O)c1C(=O)O. The Morgan fingerprint density at radius 1 is 0.553 bits per heavy atom. The topological polar surface area (TPSA) is 149 Å². The van der Waals surface area contributed by atoms with Gasteiger partial charge < -0.3 is 20.4 Å². The number of carboxylic acids is 4. The number of carboxylic acid groups (broad SMARTS) is 4. The Bertz CT molecular complexity index is 962. The zero-order chi connectivity index (χ0) is 29.2. The van der Waals surface area contributed by atoms with Gasteiger partial charge in [0.25, 0.3) is 0 Å². The molecule has 2 unspecified atom stereocenters. The number of carbonyl (C=O) groups is 4. The van der Waals surface area contributed by atoms with Crippen molar-refractivity contribution in [3.05, 3.63) is 56.7 Å².